The SMILES string of the molecule is [2H]c1c(-c2ccccc2)c([2H])c2c(oc3c([2H])c(-c4nc(-c5cc(-c6ccccc6)cc(-c6ccccc6)c5)nc(-c5cccc6c5oc5ccccc56)n4)c([2H])c([2H])c32)c1[2H]. The largest absolute Gasteiger partial charge is 0.456 e. The molecule has 11 aromatic rings. The van der Waals surface area contributed by atoms with E-state index in [0.29, 0.717) is 27.9 Å². The van der Waals surface area contributed by atoms with Gasteiger partial charge < -0.3 is 8.83 Å². The van der Waals surface area contributed by atoms with Crippen LogP contribution in [0.25, 0.3) is 111 Å². The van der Waals surface area contributed by atoms with Gasteiger partial charge in [0.15, 0.2) is 17.5 Å². The maximum Gasteiger partial charge on any atom is 0.167 e. The molecule has 0 aliphatic rings. The van der Waals surface area contributed by atoms with Crippen LogP contribution in [0.5, 0.6) is 0 Å². The molecule has 3 heterocycles. The minimum Gasteiger partial charge on any atom is -0.456 e. The number of hydrogen-bond acceptors (Lipinski definition) is 5. The second kappa shape index (κ2) is 13.0. The number of hydrogen-bond donors (Lipinski definition) is 0. The van der Waals surface area contributed by atoms with Crippen LogP contribution >= 0.6 is 0 Å². The molecule has 0 unspecified atom stereocenters. The first kappa shape index (κ1) is 26.2. The van der Waals surface area contributed by atoms with Crippen molar-refractivity contribution in [3.8, 4) is 67.5 Å². The van der Waals surface area contributed by atoms with Gasteiger partial charge in [-0.05, 0) is 87.9 Å². The number of nitrogens with zero attached hydrogens (tertiary/aromatic N) is 3. The van der Waals surface area contributed by atoms with E-state index < -0.39 is 0 Å². The van der Waals surface area contributed by atoms with Gasteiger partial charge in [0.1, 0.15) is 22.3 Å². The number of para-hydroxylation sites is 2. The Bertz CT molecular complexity index is 3540. The van der Waals surface area contributed by atoms with Gasteiger partial charge in [-0.15, -0.1) is 0 Å². The Morgan fingerprint density at radius 2 is 0.911 bits per heavy atom. The Balaban J connectivity index is 1.20. The molecule has 0 spiro atoms. The summed E-state index contributed by atoms with van der Waals surface area (Å²) in [6.07, 6.45) is 0. The van der Waals surface area contributed by atoms with Gasteiger partial charge in [0.25, 0.3) is 0 Å². The van der Waals surface area contributed by atoms with E-state index in [9.17, 15) is 5.48 Å². The summed E-state index contributed by atoms with van der Waals surface area (Å²) < 4.78 is 68.3. The van der Waals surface area contributed by atoms with Crippen LogP contribution in [0, 0.1) is 0 Å². The highest BCUT2D eigenvalue weighted by atomic mass is 16.3. The minimum atomic E-state index is -0.361. The predicted molar refractivity (Wildman–Crippen MR) is 227 cm³/mol. The molecule has 5 nitrogen and oxygen atoms in total. The van der Waals surface area contributed by atoms with Gasteiger partial charge in [0, 0.05) is 32.7 Å². The third-order valence-corrected chi connectivity index (χ3v) is 9.98. The summed E-state index contributed by atoms with van der Waals surface area (Å²) in [4.78, 5) is 15.0. The predicted octanol–water partition coefficient (Wildman–Crippen LogP) is 13.7. The number of fused-ring (bicyclic) bond motifs is 6. The first-order valence-corrected chi connectivity index (χ1v) is 18.2. The topological polar surface area (TPSA) is 65.0 Å². The highest BCUT2D eigenvalue weighted by molar-refractivity contribution is 6.09. The average Bonchev–Trinajstić information content (AvgIpc) is 3.92. The van der Waals surface area contributed by atoms with E-state index in [0.717, 1.165) is 33.0 Å². The van der Waals surface area contributed by atoms with E-state index in [1.165, 1.54) is 0 Å². The molecule has 0 fully saturated rings. The van der Waals surface area contributed by atoms with Gasteiger partial charge in [-0.3, -0.25) is 0 Å². The fraction of sp³-hybridized carbons (Fsp3) is 0. The molecule has 0 radical (unpaired) electrons. The van der Waals surface area contributed by atoms with Crippen molar-refractivity contribution in [2.45, 2.75) is 0 Å². The van der Waals surface area contributed by atoms with Crippen molar-refractivity contribution in [3.05, 3.63) is 188 Å². The van der Waals surface area contributed by atoms with Crippen LogP contribution in [0.3, 0.4) is 0 Å². The molecule has 0 saturated carbocycles. The maximum atomic E-state index is 9.62. The lowest BCUT2D eigenvalue weighted by Gasteiger charge is -2.12. The molecule has 11 rings (SSSR count). The molecule has 0 N–H and O–H groups in total. The fourth-order valence-electron chi connectivity index (χ4n) is 7.26. The first-order chi connectivity index (χ1) is 30.2. The summed E-state index contributed by atoms with van der Waals surface area (Å²) in [5, 5.41) is 1.92. The second-order valence-corrected chi connectivity index (χ2v) is 13.5. The molecule has 5 heteroatoms. The van der Waals surface area contributed by atoms with Crippen molar-refractivity contribution in [1.82, 2.24) is 15.0 Å². The summed E-state index contributed by atoms with van der Waals surface area (Å²) in [6, 6.07) is 46.9. The average molecular weight is 724 g/mol. The summed E-state index contributed by atoms with van der Waals surface area (Å²) in [5.41, 5.74) is 6.73. The summed E-state index contributed by atoms with van der Waals surface area (Å²) in [5.74, 6) is 0.444. The maximum absolute atomic E-state index is 9.62. The van der Waals surface area contributed by atoms with Gasteiger partial charge in [0.2, 0.25) is 0 Å². The van der Waals surface area contributed by atoms with Gasteiger partial charge in [-0.2, -0.15) is 0 Å². The Morgan fingerprint density at radius 3 is 1.62 bits per heavy atom. The van der Waals surface area contributed by atoms with Crippen molar-refractivity contribution in [1.29, 1.82) is 0 Å². The molecule has 0 amide bonds. The second-order valence-electron chi connectivity index (χ2n) is 13.5. The number of aromatic nitrogens is 3. The quantitative estimate of drug-likeness (QED) is 0.171. The van der Waals surface area contributed by atoms with Gasteiger partial charge in [0.05, 0.1) is 13.8 Å². The first-order valence-electron chi connectivity index (χ1n) is 21.2. The third kappa shape index (κ3) is 5.53. The fourth-order valence-corrected chi connectivity index (χ4v) is 7.26. The Kier molecular flexibility index (Phi) is 6.10. The molecular weight excluding hydrogens is 687 g/mol. The van der Waals surface area contributed by atoms with Gasteiger partial charge in [-0.25, -0.2) is 15.0 Å². The molecule has 8 aromatic carbocycles. The Hall–Kier alpha value is -7.63. The molecular formula is C51H31N3O2. The standard InChI is InChI=1S/C51H31N3O2/c1-4-13-32(14-5-1)35-24-26-46-44(30-35)41-25-23-36(31-47(41)55-46)49-52-50(54-51(53-49)43-21-12-20-42-40-19-10-11-22-45(40)56-48(42)43)39-28-37(33-15-6-2-7-16-33)27-38(29-39)34-17-8-3-9-18-34/h1-31H/i23D,24D,25D,26D,30D,31D. The summed E-state index contributed by atoms with van der Waals surface area (Å²) in [7, 11) is 0. The van der Waals surface area contributed by atoms with Crippen molar-refractivity contribution in [2.24, 2.45) is 0 Å². The molecule has 3 aromatic heterocycles. The van der Waals surface area contributed by atoms with E-state index in [1.54, 1.807) is 24.3 Å². The van der Waals surface area contributed by atoms with Crippen molar-refractivity contribution >= 4 is 43.9 Å². The zero-order valence-corrected chi connectivity index (χ0v) is 29.6. The summed E-state index contributed by atoms with van der Waals surface area (Å²) in [6.45, 7) is 0. The highest BCUT2D eigenvalue weighted by Crippen LogP contribution is 2.39. The van der Waals surface area contributed by atoms with Crippen molar-refractivity contribution < 1.29 is 17.1 Å². The zero-order valence-electron chi connectivity index (χ0n) is 35.6. The Labute approximate surface area is 330 Å². The van der Waals surface area contributed by atoms with Crippen LogP contribution in [-0.2, 0) is 0 Å². The summed E-state index contributed by atoms with van der Waals surface area (Å²) >= 11 is 0. The minimum absolute atomic E-state index is 0.0408. The lowest BCUT2D eigenvalue weighted by atomic mass is 9.96. The molecule has 0 aliphatic carbocycles. The van der Waals surface area contributed by atoms with E-state index in [2.05, 4.69) is 6.07 Å². The van der Waals surface area contributed by atoms with Crippen LogP contribution in [0.15, 0.2) is 197 Å². The molecule has 56 heavy (non-hydrogen) atoms. The van der Waals surface area contributed by atoms with E-state index >= 15 is 0 Å². The molecule has 0 bridgehead atoms. The van der Waals surface area contributed by atoms with E-state index in [-0.39, 0.29) is 86.8 Å². The van der Waals surface area contributed by atoms with E-state index in [1.807, 2.05) is 121 Å². The third-order valence-electron chi connectivity index (χ3n) is 9.98. The van der Waals surface area contributed by atoms with Crippen LogP contribution in [-0.4, -0.2) is 15.0 Å². The van der Waals surface area contributed by atoms with Crippen LogP contribution in [0.4, 0.5) is 0 Å². The van der Waals surface area contributed by atoms with Gasteiger partial charge >= 0.3 is 0 Å². The van der Waals surface area contributed by atoms with Crippen LogP contribution in [0.2, 0.25) is 0 Å². The van der Waals surface area contributed by atoms with Gasteiger partial charge in [-0.1, -0.05) is 133 Å². The lowest BCUT2D eigenvalue weighted by Crippen LogP contribution is -2.01. The molecule has 0 saturated heterocycles. The highest BCUT2D eigenvalue weighted by Gasteiger charge is 2.20. The molecule has 0 aliphatic heterocycles. The van der Waals surface area contributed by atoms with Crippen molar-refractivity contribution in [2.75, 3.05) is 0 Å². The van der Waals surface area contributed by atoms with Crippen molar-refractivity contribution in [3.63, 3.8) is 0 Å². The monoisotopic (exact) mass is 723 g/mol. The smallest absolute Gasteiger partial charge is 0.167 e. The Morgan fingerprint density at radius 1 is 0.339 bits per heavy atom. The number of rotatable bonds is 6. The molecule has 262 valence electrons. The molecule has 0 atom stereocenters. The lowest BCUT2D eigenvalue weighted by molar-refractivity contribution is 0.668. The normalized spacial score (nSPS) is 13.1. The van der Waals surface area contributed by atoms with Crippen LogP contribution < -0.4 is 0 Å². The van der Waals surface area contributed by atoms with E-state index in [4.69, 9.17) is 26.5 Å². The van der Waals surface area contributed by atoms with Crippen LogP contribution in [0.1, 0.15) is 8.22 Å². The zero-order chi connectivity index (χ0) is 42.2. The number of furan rings is 2. The number of benzene rings is 8.